The van der Waals surface area contributed by atoms with Crippen LogP contribution in [0, 0.1) is 10.1 Å². The highest BCUT2D eigenvalue weighted by atomic mass is 35.5. The molecule has 0 fully saturated rings. The second kappa shape index (κ2) is 5.75. The molecule has 2 rings (SSSR count). The number of hydrogen-bond acceptors (Lipinski definition) is 4. The molecule has 0 aliphatic carbocycles. The van der Waals surface area contributed by atoms with Gasteiger partial charge in [-0.1, -0.05) is 34.8 Å². The standard InChI is InChI=1S/C12H8Cl3N3O2/c13-8-2-1-6(16)3-11(8)17-12-9(14)4-7(18(19)20)5-10(12)15/h1-5,17H,16H2. The van der Waals surface area contributed by atoms with E-state index in [-0.39, 0.29) is 15.7 Å². The van der Waals surface area contributed by atoms with Gasteiger partial charge in [-0.2, -0.15) is 0 Å². The van der Waals surface area contributed by atoms with Crippen LogP contribution in [-0.2, 0) is 0 Å². The summed E-state index contributed by atoms with van der Waals surface area (Å²) in [5.41, 5.74) is 6.81. The van der Waals surface area contributed by atoms with Crippen LogP contribution in [0.1, 0.15) is 0 Å². The molecule has 0 saturated carbocycles. The van der Waals surface area contributed by atoms with Crippen LogP contribution in [0.2, 0.25) is 15.1 Å². The summed E-state index contributed by atoms with van der Waals surface area (Å²) in [7, 11) is 0. The summed E-state index contributed by atoms with van der Waals surface area (Å²) in [5.74, 6) is 0. The Hall–Kier alpha value is -1.69. The second-order valence-corrected chi connectivity index (χ2v) is 5.13. The lowest BCUT2D eigenvalue weighted by Gasteiger charge is -2.12. The maximum absolute atomic E-state index is 10.7. The van der Waals surface area contributed by atoms with Crippen molar-refractivity contribution in [2.45, 2.75) is 0 Å². The number of non-ortho nitro benzene ring substituents is 1. The number of nitrogen functional groups attached to an aromatic ring is 1. The fourth-order valence-electron chi connectivity index (χ4n) is 1.56. The lowest BCUT2D eigenvalue weighted by atomic mass is 10.2. The van der Waals surface area contributed by atoms with Crippen LogP contribution in [0.25, 0.3) is 0 Å². The first-order valence-corrected chi connectivity index (χ1v) is 6.47. The van der Waals surface area contributed by atoms with E-state index >= 15 is 0 Å². The van der Waals surface area contributed by atoms with Crippen LogP contribution < -0.4 is 11.1 Å². The molecule has 2 aromatic carbocycles. The van der Waals surface area contributed by atoms with Crippen molar-refractivity contribution in [3.8, 4) is 0 Å². The van der Waals surface area contributed by atoms with Crippen LogP contribution in [-0.4, -0.2) is 4.92 Å². The number of benzene rings is 2. The highest BCUT2D eigenvalue weighted by molar-refractivity contribution is 6.40. The van der Waals surface area contributed by atoms with Gasteiger partial charge in [0.05, 0.1) is 31.4 Å². The van der Waals surface area contributed by atoms with Crippen molar-refractivity contribution in [1.82, 2.24) is 0 Å². The van der Waals surface area contributed by atoms with Crippen molar-refractivity contribution in [1.29, 1.82) is 0 Å². The molecular weight excluding hydrogens is 325 g/mol. The Bertz CT molecular complexity index is 669. The largest absolute Gasteiger partial charge is 0.399 e. The van der Waals surface area contributed by atoms with Gasteiger partial charge in [-0.15, -0.1) is 0 Å². The molecule has 2 aromatic rings. The average molecular weight is 333 g/mol. The molecule has 0 bridgehead atoms. The number of hydrogen-bond donors (Lipinski definition) is 2. The maximum atomic E-state index is 10.7. The molecule has 0 unspecified atom stereocenters. The quantitative estimate of drug-likeness (QED) is 0.477. The molecule has 0 saturated heterocycles. The van der Waals surface area contributed by atoms with E-state index in [4.69, 9.17) is 40.5 Å². The summed E-state index contributed by atoms with van der Waals surface area (Å²) in [6.45, 7) is 0. The Morgan fingerprint density at radius 2 is 1.65 bits per heavy atom. The first-order chi connectivity index (χ1) is 9.38. The highest BCUT2D eigenvalue weighted by Gasteiger charge is 2.15. The molecule has 0 aliphatic heterocycles. The van der Waals surface area contributed by atoms with Crippen LogP contribution in [0.4, 0.5) is 22.7 Å². The van der Waals surface area contributed by atoms with E-state index in [0.717, 1.165) is 0 Å². The average Bonchev–Trinajstić information content (AvgIpc) is 2.37. The van der Waals surface area contributed by atoms with Crippen molar-refractivity contribution in [3.05, 3.63) is 55.5 Å². The van der Waals surface area contributed by atoms with Gasteiger partial charge in [0.15, 0.2) is 0 Å². The van der Waals surface area contributed by atoms with Crippen molar-refractivity contribution in [2.75, 3.05) is 11.1 Å². The molecule has 0 spiro atoms. The molecule has 3 N–H and O–H groups in total. The highest BCUT2D eigenvalue weighted by Crippen LogP contribution is 2.38. The zero-order valence-corrected chi connectivity index (χ0v) is 12.1. The molecule has 0 atom stereocenters. The van der Waals surface area contributed by atoms with Crippen molar-refractivity contribution in [3.63, 3.8) is 0 Å². The summed E-state index contributed by atoms with van der Waals surface area (Å²) >= 11 is 18.0. The van der Waals surface area contributed by atoms with Gasteiger partial charge in [0.25, 0.3) is 5.69 Å². The van der Waals surface area contributed by atoms with Crippen LogP contribution in [0.5, 0.6) is 0 Å². The van der Waals surface area contributed by atoms with Crippen LogP contribution >= 0.6 is 34.8 Å². The van der Waals surface area contributed by atoms with E-state index in [1.807, 2.05) is 0 Å². The Balaban J connectivity index is 2.44. The Labute approximate surface area is 129 Å². The van der Waals surface area contributed by atoms with Crippen molar-refractivity contribution in [2.24, 2.45) is 0 Å². The van der Waals surface area contributed by atoms with Crippen LogP contribution in [0.15, 0.2) is 30.3 Å². The molecule has 8 heteroatoms. The smallest absolute Gasteiger partial charge is 0.272 e. The summed E-state index contributed by atoms with van der Waals surface area (Å²) in [5, 5.41) is 14.3. The van der Waals surface area contributed by atoms with Gasteiger partial charge in [-0.25, -0.2) is 0 Å². The molecular formula is C12H8Cl3N3O2. The van der Waals surface area contributed by atoms with Gasteiger partial charge >= 0.3 is 0 Å². The predicted molar refractivity (Wildman–Crippen MR) is 82.3 cm³/mol. The lowest BCUT2D eigenvalue weighted by molar-refractivity contribution is -0.384. The van der Waals surface area contributed by atoms with Crippen molar-refractivity contribution < 1.29 is 4.92 Å². The number of nitro benzene ring substituents is 1. The predicted octanol–water partition coefficient (Wildman–Crippen LogP) is 4.88. The third-order valence-electron chi connectivity index (χ3n) is 2.49. The minimum atomic E-state index is -0.574. The van der Waals surface area contributed by atoms with E-state index < -0.39 is 4.92 Å². The molecule has 0 aliphatic rings. The van der Waals surface area contributed by atoms with Gasteiger partial charge in [0, 0.05) is 17.8 Å². The molecule has 0 aromatic heterocycles. The summed E-state index contributed by atoms with van der Waals surface area (Å²) in [4.78, 5) is 10.1. The molecule has 104 valence electrons. The summed E-state index contributed by atoms with van der Waals surface area (Å²) in [6, 6.07) is 7.28. The topological polar surface area (TPSA) is 81.2 Å². The minimum Gasteiger partial charge on any atom is -0.399 e. The second-order valence-electron chi connectivity index (χ2n) is 3.91. The number of halogens is 3. The van der Waals surface area contributed by atoms with Gasteiger partial charge in [0.1, 0.15) is 0 Å². The third-order valence-corrected chi connectivity index (χ3v) is 3.41. The normalized spacial score (nSPS) is 10.3. The number of anilines is 3. The summed E-state index contributed by atoms with van der Waals surface area (Å²) in [6.07, 6.45) is 0. The number of rotatable bonds is 3. The van der Waals surface area contributed by atoms with Crippen molar-refractivity contribution >= 4 is 57.6 Å². The number of nitrogens with two attached hydrogens (primary N) is 1. The molecule has 0 radical (unpaired) electrons. The SMILES string of the molecule is Nc1ccc(Cl)c(Nc2c(Cl)cc([N+](=O)[O-])cc2Cl)c1. The number of nitro groups is 1. The monoisotopic (exact) mass is 331 g/mol. The molecule has 0 amide bonds. The van der Waals surface area contributed by atoms with E-state index in [9.17, 15) is 10.1 Å². The fraction of sp³-hybridized carbons (Fsp3) is 0. The first kappa shape index (κ1) is 14.7. The zero-order valence-electron chi connectivity index (χ0n) is 9.86. The Kier molecular flexibility index (Phi) is 4.23. The van der Waals surface area contributed by atoms with E-state index in [1.165, 1.54) is 12.1 Å². The van der Waals surface area contributed by atoms with Gasteiger partial charge in [0.2, 0.25) is 0 Å². The maximum Gasteiger partial charge on any atom is 0.272 e. The third kappa shape index (κ3) is 3.07. The van der Waals surface area contributed by atoms with E-state index in [0.29, 0.717) is 22.1 Å². The van der Waals surface area contributed by atoms with Crippen LogP contribution in [0.3, 0.4) is 0 Å². The minimum absolute atomic E-state index is 0.114. The van der Waals surface area contributed by atoms with Gasteiger partial charge < -0.3 is 11.1 Å². The number of nitrogens with one attached hydrogen (secondary N) is 1. The Morgan fingerprint density at radius 3 is 2.20 bits per heavy atom. The van der Waals surface area contributed by atoms with Gasteiger partial charge in [-0.05, 0) is 18.2 Å². The lowest BCUT2D eigenvalue weighted by Crippen LogP contribution is -1.96. The molecule has 20 heavy (non-hydrogen) atoms. The fourth-order valence-corrected chi connectivity index (χ4v) is 2.29. The van der Waals surface area contributed by atoms with E-state index in [1.54, 1.807) is 18.2 Å². The van der Waals surface area contributed by atoms with E-state index in [2.05, 4.69) is 5.32 Å². The summed E-state index contributed by atoms with van der Waals surface area (Å²) < 4.78 is 0. The zero-order chi connectivity index (χ0) is 14.9. The number of nitrogens with zero attached hydrogens (tertiary/aromatic N) is 1. The molecule has 5 nitrogen and oxygen atoms in total. The van der Waals surface area contributed by atoms with Gasteiger partial charge in [-0.3, -0.25) is 10.1 Å². The molecule has 0 heterocycles. The Morgan fingerprint density at radius 1 is 1.05 bits per heavy atom. The first-order valence-electron chi connectivity index (χ1n) is 5.34.